The summed E-state index contributed by atoms with van der Waals surface area (Å²) in [6.07, 6.45) is 6.11. The summed E-state index contributed by atoms with van der Waals surface area (Å²) >= 11 is 0. The topological polar surface area (TPSA) is 98.0 Å². The summed E-state index contributed by atoms with van der Waals surface area (Å²) in [6, 6.07) is 0. The summed E-state index contributed by atoms with van der Waals surface area (Å²) < 4.78 is 0. The Balaban J connectivity index is -0.000000163. The van der Waals surface area contributed by atoms with Crippen LogP contribution in [0.3, 0.4) is 0 Å². The van der Waals surface area contributed by atoms with E-state index < -0.39 is 5.97 Å². The van der Waals surface area contributed by atoms with Gasteiger partial charge in [-0.3, -0.25) is 0 Å². The maximum absolute atomic E-state index is 9.99. The molecule has 4 N–H and O–H groups in total. The van der Waals surface area contributed by atoms with Crippen molar-refractivity contribution in [2.24, 2.45) is 0 Å². The Hall–Kier alpha value is -3.29. The zero-order valence-electron chi connectivity index (χ0n) is 21.6. The SMILES string of the molecule is CC#CC#CC#CC#CC#CC#CC#CC#CC(=O)O.CCCCO.CCCCO.CCCCO.[Zr]. The Morgan fingerprint density at radius 3 is 0.944 bits per heavy atom. The van der Waals surface area contributed by atoms with Gasteiger partial charge in [0.2, 0.25) is 0 Å². The maximum atomic E-state index is 9.99. The first-order valence-electron chi connectivity index (χ1n) is 11.0. The van der Waals surface area contributed by atoms with Crippen LogP contribution in [0, 0.1) is 94.7 Å². The van der Waals surface area contributed by atoms with Crippen LogP contribution in [-0.2, 0) is 31.0 Å². The third-order valence-corrected chi connectivity index (χ3v) is 2.64. The quantitative estimate of drug-likeness (QED) is 0.371. The van der Waals surface area contributed by atoms with E-state index in [4.69, 9.17) is 20.4 Å². The molecule has 0 atom stereocenters. The van der Waals surface area contributed by atoms with Crippen molar-refractivity contribution < 1.29 is 51.4 Å². The summed E-state index contributed by atoms with van der Waals surface area (Å²) in [4.78, 5) is 9.99. The number of unbranched alkanes of at least 4 members (excludes halogenated alkanes) is 3. The number of aliphatic hydroxyl groups excluding tert-OH is 3. The van der Waals surface area contributed by atoms with E-state index in [1.165, 1.54) is 0 Å². The Labute approximate surface area is 237 Å². The number of aliphatic hydroxyl groups is 3. The van der Waals surface area contributed by atoms with Crippen LogP contribution in [0.15, 0.2) is 0 Å². The molecular formula is C30H34O5Zr. The monoisotopic (exact) mass is 564 g/mol. The van der Waals surface area contributed by atoms with Crippen molar-refractivity contribution in [2.45, 2.75) is 66.2 Å². The first kappa shape index (κ1) is 42.8. The molecule has 0 spiro atoms. The number of rotatable bonds is 6. The maximum Gasteiger partial charge on any atom is 0.382 e. The largest absolute Gasteiger partial charge is 0.472 e. The number of carbonyl (C=O) groups is 1. The molecule has 0 aliphatic heterocycles. The third-order valence-electron chi connectivity index (χ3n) is 2.64. The molecule has 0 aromatic heterocycles. The van der Waals surface area contributed by atoms with Crippen LogP contribution in [-0.4, -0.2) is 46.2 Å². The molecule has 6 heteroatoms. The van der Waals surface area contributed by atoms with E-state index in [9.17, 15) is 4.79 Å². The summed E-state index contributed by atoms with van der Waals surface area (Å²) in [7, 11) is 0. The minimum Gasteiger partial charge on any atom is -0.472 e. The molecule has 0 aliphatic rings. The second kappa shape index (κ2) is 49.0. The normalized spacial score (nSPS) is 5.97. The number of carboxylic acid groups (broad SMARTS) is 1. The van der Waals surface area contributed by atoms with Gasteiger partial charge in [-0.2, -0.15) is 0 Å². The first-order valence-corrected chi connectivity index (χ1v) is 11.0. The predicted molar refractivity (Wildman–Crippen MR) is 141 cm³/mol. The molecule has 0 aromatic rings. The molecular weight excluding hydrogens is 532 g/mol. The molecule has 0 saturated carbocycles. The van der Waals surface area contributed by atoms with Crippen molar-refractivity contribution in [3.8, 4) is 94.7 Å². The summed E-state index contributed by atoms with van der Waals surface area (Å²) in [5.74, 6) is 36.8. The zero-order valence-corrected chi connectivity index (χ0v) is 24.0. The van der Waals surface area contributed by atoms with E-state index in [0.29, 0.717) is 19.8 Å². The van der Waals surface area contributed by atoms with Crippen molar-refractivity contribution in [1.29, 1.82) is 0 Å². The molecule has 0 rings (SSSR count). The van der Waals surface area contributed by atoms with Crippen molar-refractivity contribution in [1.82, 2.24) is 0 Å². The van der Waals surface area contributed by atoms with Crippen molar-refractivity contribution in [3.63, 3.8) is 0 Å². The molecule has 0 aromatic carbocycles. The average molecular weight is 566 g/mol. The third kappa shape index (κ3) is 69.8. The average Bonchev–Trinajstić information content (AvgIpc) is 2.84. The van der Waals surface area contributed by atoms with Crippen LogP contribution in [0.25, 0.3) is 0 Å². The predicted octanol–water partition coefficient (Wildman–Crippen LogP) is 2.45. The van der Waals surface area contributed by atoms with Gasteiger partial charge in [0.25, 0.3) is 0 Å². The van der Waals surface area contributed by atoms with Gasteiger partial charge in [0.1, 0.15) is 0 Å². The van der Waals surface area contributed by atoms with Crippen LogP contribution in [0.5, 0.6) is 0 Å². The number of hydrogen-bond donors (Lipinski definition) is 4. The van der Waals surface area contributed by atoms with Gasteiger partial charge >= 0.3 is 5.97 Å². The molecule has 188 valence electrons. The minimum atomic E-state index is -1.24. The van der Waals surface area contributed by atoms with Gasteiger partial charge in [0.15, 0.2) is 0 Å². The second-order valence-corrected chi connectivity index (χ2v) is 5.66. The zero-order chi connectivity index (χ0) is 27.3. The van der Waals surface area contributed by atoms with Crippen LogP contribution in [0.2, 0.25) is 0 Å². The Bertz CT molecular complexity index is 1010. The summed E-state index contributed by atoms with van der Waals surface area (Å²) in [5.41, 5.74) is 0. The van der Waals surface area contributed by atoms with Crippen LogP contribution < -0.4 is 0 Å². The molecule has 0 radical (unpaired) electrons. The molecule has 36 heavy (non-hydrogen) atoms. The molecule has 0 saturated heterocycles. The molecule has 5 nitrogen and oxygen atoms in total. The van der Waals surface area contributed by atoms with Crippen molar-refractivity contribution >= 4 is 5.97 Å². The van der Waals surface area contributed by atoms with Crippen LogP contribution >= 0.6 is 0 Å². The molecule has 0 fully saturated rings. The van der Waals surface area contributed by atoms with Gasteiger partial charge < -0.3 is 20.4 Å². The van der Waals surface area contributed by atoms with Gasteiger partial charge in [-0.1, -0.05) is 46.0 Å². The second-order valence-electron chi connectivity index (χ2n) is 5.66. The van der Waals surface area contributed by atoms with Gasteiger partial charge in [-0.15, -0.1) is 0 Å². The Morgan fingerprint density at radius 2 is 0.778 bits per heavy atom. The van der Waals surface area contributed by atoms with E-state index >= 15 is 0 Å². The number of aliphatic carboxylic acids is 1. The molecule has 0 amide bonds. The summed E-state index contributed by atoms with van der Waals surface area (Å²) in [6.45, 7) is 8.87. The Morgan fingerprint density at radius 1 is 0.528 bits per heavy atom. The first-order chi connectivity index (χ1) is 17.0. The van der Waals surface area contributed by atoms with Crippen LogP contribution in [0.4, 0.5) is 0 Å². The van der Waals surface area contributed by atoms with Gasteiger partial charge in [0.05, 0.1) is 0 Å². The van der Waals surface area contributed by atoms with E-state index in [1.807, 2.05) is 5.92 Å². The fraction of sp³-hybridized carbons (Fsp3) is 0.433. The molecule has 0 aliphatic carbocycles. The molecule has 0 unspecified atom stereocenters. The fourth-order valence-corrected chi connectivity index (χ4v) is 0.997. The molecule has 0 heterocycles. The van der Waals surface area contributed by atoms with E-state index in [2.05, 4.69) is 110 Å². The van der Waals surface area contributed by atoms with Gasteiger partial charge in [-0.25, -0.2) is 4.79 Å². The van der Waals surface area contributed by atoms with Gasteiger partial charge in [-0.05, 0) is 109 Å². The minimum absolute atomic E-state index is 0. The standard InChI is InChI=1S/C18H4O2.3C4H10O.Zr/c1-2-3-4-5-6-7-8-9-10-11-12-13-14-15-16-17-18(19)20;3*1-2-3-4-5;/h1H3,(H,19,20);3*5H,2-4H2,1H3;. The van der Waals surface area contributed by atoms with E-state index in [0.717, 1.165) is 38.5 Å². The summed E-state index contributed by atoms with van der Waals surface area (Å²) in [5, 5.41) is 32.4. The smallest absolute Gasteiger partial charge is 0.382 e. The molecule has 0 bridgehead atoms. The fourth-order valence-electron chi connectivity index (χ4n) is 0.997. The van der Waals surface area contributed by atoms with Crippen LogP contribution in [0.1, 0.15) is 66.2 Å². The van der Waals surface area contributed by atoms with E-state index in [1.54, 1.807) is 6.92 Å². The van der Waals surface area contributed by atoms with E-state index in [-0.39, 0.29) is 26.2 Å². The van der Waals surface area contributed by atoms with Crippen molar-refractivity contribution in [3.05, 3.63) is 0 Å². The van der Waals surface area contributed by atoms with Crippen molar-refractivity contribution in [2.75, 3.05) is 19.8 Å². The van der Waals surface area contributed by atoms with Gasteiger partial charge in [0, 0.05) is 51.9 Å². The number of hydrogen-bond acceptors (Lipinski definition) is 4. The Kier molecular flexibility index (Phi) is 58.3. The number of carboxylic acids is 1.